The minimum atomic E-state index is -1.18. The Morgan fingerprint density at radius 3 is 2.42 bits per heavy atom. The zero-order chi connectivity index (χ0) is 14.0. The van der Waals surface area contributed by atoms with Gasteiger partial charge in [-0.3, -0.25) is 0 Å². The third-order valence-electron chi connectivity index (χ3n) is 2.30. The van der Waals surface area contributed by atoms with Crippen LogP contribution in [0.2, 0.25) is 15.1 Å². The van der Waals surface area contributed by atoms with Gasteiger partial charge in [-0.05, 0) is 24.3 Å². The Morgan fingerprint density at radius 2 is 1.74 bits per heavy atom. The van der Waals surface area contributed by atoms with Crippen LogP contribution in [0.5, 0.6) is 11.5 Å². The molecule has 0 amide bonds. The lowest BCUT2D eigenvalue weighted by Gasteiger charge is -2.11. The van der Waals surface area contributed by atoms with E-state index in [2.05, 4.69) is 0 Å². The van der Waals surface area contributed by atoms with Crippen LogP contribution in [0.3, 0.4) is 0 Å². The molecule has 0 spiro atoms. The lowest BCUT2D eigenvalue weighted by Crippen LogP contribution is -2.01. The van der Waals surface area contributed by atoms with Gasteiger partial charge in [-0.15, -0.1) is 0 Å². The molecule has 98 valence electrons. The predicted octanol–water partition coefficient (Wildman–Crippen LogP) is 5.14. The number of carboxylic acids is 1. The van der Waals surface area contributed by atoms with Crippen LogP contribution >= 0.6 is 34.8 Å². The van der Waals surface area contributed by atoms with Crippen molar-refractivity contribution in [1.29, 1.82) is 0 Å². The molecule has 0 aliphatic heterocycles. The van der Waals surface area contributed by atoms with Crippen molar-refractivity contribution in [2.75, 3.05) is 0 Å². The summed E-state index contributed by atoms with van der Waals surface area (Å²) >= 11 is 17.6. The SMILES string of the molecule is O=C(O)c1c(Cl)cccc1Oc1cc(Cl)ccc1Cl. The maximum absolute atomic E-state index is 11.2. The molecule has 0 saturated carbocycles. The van der Waals surface area contributed by atoms with Gasteiger partial charge in [0.15, 0.2) is 0 Å². The molecule has 0 aromatic heterocycles. The Hall–Kier alpha value is -1.42. The van der Waals surface area contributed by atoms with Gasteiger partial charge < -0.3 is 9.84 Å². The smallest absolute Gasteiger partial charge is 0.341 e. The number of carboxylic acid groups (broad SMARTS) is 1. The first kappa shape index (κ1) is 14.0. The van der Waals surface area contributed by atoms with E-state index in [9.17, 15) is 4.79 Å². The molecule has 0 heterocycles. The number of hydrogen-bond donors (Lipinski definition) is 1. The minimum Gasteiger partial charge on any atom is -0.478 e. The molecule has 0 fully saturated rings. The molecule has 0 radical (unpaired) electrons. The lowest BCUT2D eigenvalue weighted by molar-refractivity contribution is 0.0694. The Morgan fingerprint density at radius 1 is 1.00 bits per heavy atom. The Kier molecular flexibility index (Phi) is 4.20. The van der Waals surface area contributed by atoms with Gasteiger partial charge in [0.2, 0.25) is 0 Å². The van der Waals surface area contributed by atoms with Crippen molar-refractivity contribution in [3.63, 3.8) is 0 Å². The number of halogens is 3. The van der Waals surface area contributed by atoms with Gasteiger partial charge >= 0.3 is 5.97 Å². The van der Waals surface area contributed by atoms with E-state index in [0.29, 0.717) is 10.0 Å². The van der Waals surface area contributed by atoms with E-state index in [4.69, 9.17) is 44.6 Å². The normalized spacial score (nSPS) is 10.3. The molecule has 2 rings (SSSR count). The second kappa shape index (κ2) is 5.70. The van der Waals surface area contributed by atoms with Crippen molar-refractivity contribution < 1.29 is 14.6 Å². The summed E-state index contributed by atoms with van der Waals surface area (Å²) in [5, 5.41) is 9.96. The molecule has 0 aliphatic carbocycles. The fourth-order valence-electron chi connectivity index (χ4n) is 1.47. The summed E-state index contributed by atoms with van der Waals surface area (Å²) in [6, 6.07) is 9.21. The largest absolute Gasteiger partial charge is 0.478 e. The summed E-state index contributed by atoms with van der Waals surface area (Å²) in [5.74, 6) is -0.818. The van der Waals surface area contributed by atoms with E-state index >= 15 is 0 Å². The Bertz CT molecular complexity index is 641. The van der Waals surface area contributed by atoms with Crippen LogP contribution in [-0.2, 0) is 0 Å². The molecule has 0 atom stereocenters. The van der Waals surface area contributed by atoms with E-state index in [0.717, 1.165) is 0 Å². The van der Waals surface area contributed by atoms with E-state index < -0.39 is 5.97 Å². The number of rotatable bonds is 3. The number of carbonyl (C=O) groups is 1. The first-order valence-electron chi connectivity index (χ1n) is 5.13. The van der Waals surface area contributed by atoms with Gasteiger partial charge in [0.25, 0.3) is 0 Å². The van der Waals surface area contributed by atoms with E-state index in [-0.39, 0.29) is 22.1 Å². The molecule has 2 aromatic rings. The molecule has 19 heavy (non-hydrogen) atoms. The van der Waals surface area contributed by atoms with Crippen molar-refractivity contribution in [2.45, 2.75) is 0 Å². The highest BCUT2D eigenvalue weighted by Gasteiger charge is 2.17. The molecular formula is C13H7Cl3O3. The zero-order valence-corrected chi connectivity index (χ0v) is 11.6. The van der Waals surface area contributed by atoms with Crippen LogP contribution in [0.25, 0.3) is 0 Å². The highest BCUT2D eigenvalue weighted by molar-refractivity contribution is 6.34. The van der Waals surface area contributed by atoms with Crippen molar-refractivity contribution in [1.82, 2.24) is 0 Å². The van der Waals surface area contributed by atoms with Crippen LogP contribution in [0.4, 0.5) is 0 Å². The summed E-state index contributed by atoms with van der Waals surface area (Å²) in [7, 11) is 0. The highest BCUT2D eigenvalue weighted by Crippen LogP contribution is 2.35. The quantitative estimate of drug-likeness (QED) is 0.853. The van der Waals surface area contributed by atoms with Crippen LogP contribution < -0.4 is 4.74 Å². The third-order valence-corrected chi connectivity index (χ3v) is 3.16. The standard InChI is InChI=1S/C13H7Cl3O3/c14-7-4-5-8(15)11(6-7)19-10-3-1-2-9(16)12(10)13(17)18/h1-6H,(H,17,18). The summed E-state index contributed by atoms with van der Waals surface area (Å²) in [6.07, 6.45) is 0. The number of aromatic carboxylic acids is 1. The van der Waals surface area contributed by atoms with Crippen molar-refractivity contribution >= 4 is 40.8 Å². The maximum Gasteiger partial charge on any atom is 0.341 e. The van der Waals surface area contributed by atoms with E-state index in [1.807, 2.05) is 0 Å². The molecule has 1 N–H and O–H groups in total. The van der Waals surface area contributed by atoms with Crippen LogP contribution in [0.1, 0.15) is 10.4 Å². The predicted molar refractivity (Wildman–Crippen MR) is 74.9 cm³/mol. The van der Waals surface area contributed by atoms with Crippen LogP contribution in [-0.4, -0.2) is 11.1 Å². The lowest BCUT2D eigenvalue weighted by atomic mass is 10.2. The third kappa shape index (κ3) is 3.13. The average molecular weight is 318 g/mol. The monoisotopic (exact) mass is 316 g/mol. The molecule has 0 aliphatic rings. The molecule has 2 aromatic carbocycles. The fourth-order valence-corrected chi connectivity index (χ4v) is 2.04. The second-order valence-electron chi connectivity index (χ2n) is 3.59. The molecule has 0 unspecified atom stereocenters. The molecule has 3 nitrogen and oxygen atoms in total. The van der Waals surface area contributed by atoms with Gasteiger partial charge in [0.1, 0.15) is 17.1 Å². The highest BCUT2D eigenvalue weighted by atomic mass is 35.5. The first-order valence-corrected chi connectivity index (χ1v) is 6.27. The molecule has 0 saturated heterocycles. The van der Waals surface area contributed by atoms with Gasteiger partial charge in [-0.2, -0.15) is 0 Å². The zero-order valence-electron chi connectivity index (χ0n) is 9.36. The first-order chi connectivity index (χ1) is 8.99. The topological polar surface area (TPSA) is 46.5 Å². The second-order valence-corrected chi connectivity index (χ2v) is 4.85. The average Bonchev–Trinajstić information content (AvgIpc) is 2.33. The van der Waals surface area contributed by atoms with Gasteiger partial charge in [0.05, 0.1) is 10.0 Å². The van der Waals surface area contributed by atoms with Crippen LogP contribution in [0, 0.1) is 0 Å². The number of ether oxygens (including phenoxy) is 1. The molecule has 6 heteroatoms. The fraction of sp³-hybridized carbons (Fsp3) is 0. The van der Waals surface area contributed by atoms with Gasteiger partial charge in [0, 0.05) is 11.1 Å². The maximum atomic E-state index is 11.2. The molecular weight excluding hydrogens is 310 g/mol. The summed E-state index contributed by atoms with van der Waals surface area (Å²) in [5.41, 5.74) is -0.125. The molecule has 0 bridgehead atoms. The van der Waals surface area contributed by atoms with E-state index in [1.165, 1.54) is 18.2 Å². The Balaban J connectivity index is 2.46. The van der Waals surface area contributed by atoms with Crippen molar-refractivity contribution in [3.8, 4) is 11.5 Å². The Labute approximate surface area is 124 Å². The minimum absolute atomic E-state index is 0.0863. The van der Waals surface area contributed by atoms with Crippen molar-refractivity contribution in [2.24, 2.45) is 0 Å². The van der Waals surface area contributed by atoms with Gasteiger partial charge in [-0.25, -0.2) is 4.79 Å². The van der Waals surface area contributed by atoms with Crippen LogP contribution in [0.15, 0.2) is 36.4 Å². The summed E-state index contributed by atoms with van der Waals surface area (Å²) in [6.45, 7) is 0. The van der Waals surface area contributed by atoms with Gasteiger partial charge in [-0.1, -0.05) is 40.9 Å². The number of benzene rings is 2. The van der Waals surface area contributed by atoms with Crippen molar-refractivity contribution in [3.05, 3.63) is 57.0 Å². The van der Waals surface area contributed by atoms with E-state index in [1.54, 1.807) is 18.2 Å². The number of hydrogen-bond acceptors (Lipinski definition) is 2. The summed E-state index contributed by atoms with van der Waals surface area (Å²) < 4.78 is 5.48. The summed E-state index contributed by atoms with van der Waals surface area (Å²) in [4.78, 5) is 11.2.